The van der Waals surface area contributed by atoms with Gasteiger partial charge in [0.05, 0.1) is 0 Å². The quantitative estimate of drug-likeness (QED) is 0.828. The van der Waals surface area contributed by atoms with Gasteiger partial charge in [0.2, 0.25) is 16.3 Å². The Morgan fingerprint density at radius 1 is 1.15 bits per heavy atom. The molecule has 0 saturated carbocycles. The Morgan fingerprint density at radius 2 is 1.85 bits per heavy atom. The van der Waals surface area contributed by atoms with Gasteiger partial charge in [0.1, 0.15) is 11.6 Å². The number of hydrogen-bond acceptors (Lipinski definition) is 8. The van der Waals surface area contributed by atoms with Crippen LogP contribution in [-0.2, 0) is 0 Å². The lowest BCUT2D eigenvalue weighted by Gasteiger charge is -2.13. The normalized spacial score (nSPS) is 11.1. The highest BCUT2D eigenvalue weighted by Gasteiger charge is 2.15. The number of aromatic nitrogens is 6. The van der Waals surface area contributed by atoms with Crippen LogP contribution in [0.4, 0.5) is 5.95 Å². The van der Waals surface area contributed by atoms with Crippen LogP contribution in [0, 0.1) is 6.92 Å². The molecule has 0 aliphatic heterocycles. The molecule has 2 aromatic rings. The summed E-state index contributed by atoms with van der Waals surface area (Å²) >= 11 is 1.27. The summed E-state index contributed by atoms with van der Waals surface area (Å²) in [5.41, 5.74) is 0. The second kappa shape index (κ2) is 5.61. The molecule has 0 atom stereocenters. The Hall–Kier alpha value is -1.90. The first-order chi connectivity index (χ1) is 9.38. The molecular formula is C11H18N8S. The zero-order chi connectivity index (χ0) is 14.9. The first-order valence-electron chi connectivity index (χ1n) is 6.16. The molecular weight excluding hydrogens is 276 g/mol. The minimum absolute atomic E-state index is 0.216. The number of nitrogen functional groups attached to an aromatic ring is 1. The van der Waals surface area contributed by atoms with Gasteiger partial charge in [0.15, 0.2) is 0 Å². The molecule has 0 amide bonds. The Morgan fingerprint density at radius 3 is 2.35 bits per heavy atom. The van der Waals surface area contributed by atoms with Gasteiger partial charge in [-0.2, -0.15) is 9.97 Å². The molecule has 2 N–H and O–H groups in total. The van der Waals surface area contributed by atoms with E-state index in [1.165, 1.54) is 16.4 Å². The topological polar surface area (TPSA) is 98.6 Å². The number of hydrogen-bond donors (Lipinski definition) is 1. The Labute approximate surface area is 121 Å². The predicted octanol–water partition coefficient (Wildman–Crippen LogP) is 0.826. The van der Waals surface area contributed by atoms with Gasteiger partial charge in [-0.15, -0.1) is 10.2 Å². The molecule has 0 radical (unpaired) electrons. The van der Waals surface area contributed by atoms with Crippen molar-refractivity contribution in [2.45, 2.75) is 37.0 Å². The highest BCUT2D eigenvalue weighted by molar-refractivity contribution is 7.99. The average molecular weight is 294 g/mol. The second-order valence-electron chi connectivity index (χ2n) is 4.83. The van der Waals surface area contributed by atoms with Crippen LogP contribution >= 0.6 is 11.8 Å². The van der Waals surface area contributed by atoms with E-state index in [4.69, 9.17) is 5.84 Å². The first-order valence-corrected chi connectivity index (χ1v) is 6.98. The standard InChI is InChI=1S/C11H18N8S/c1-6(2)8-13-9(18(4)5)15-10(14-8)20-11-17-16-7(3)19(11)12/h6H,12H2,1-5H3. The maximum absolute atomic E-state index is 5.84. The monoisotopic (exact) mass is 294 g/mol. The molecule has 9 heteroatoms. The molecule has 108 valence electrons. The SMILES string of the molecule is Cc1nnc(Sc2nc(C(C)C)nc(N(C)C)n2)n1N. The third kappa shape index (κ3) is 2.98. The van der Waals surface area contributed by atoms with Gasteiger partial charge in [-0.3, -0.25) is 0 Å². The molecule has 20 heavy (non-hydrogen) atoms. The predicted molar refractivity (Wildman–Crippen MR) is 77.3 cm³/mol. The van der Waals surface area contributed by atoms with E-state index in [2.05, 4.69) is 25.1 Å². The third-order valence-electron chi connectivity index (χ3n) is 2.55. The van der Waals surface area contributed by atoms with E-state index >= 15 is 0 Å². The van der Waals surface area contributed by atoms with Gasteiger partial charge in [-0.1, -0.05) is 13.8 Å². The largest absolute Gasteiger partial charge is 0.347 e. The summed E-state index contributed by atoms with van der Waals surface area (Å²) in [6.07, 6.45) is 0. The summed E-state index contributed by atoms with van der Waals surface area (Å²) in [4.78, 5) is 15.1. The molecule has 2 heterocycles. The summed E-state index contributed by atoms with van der Waals surface area (Å²) in [6, 6.07) is 0. The lowest BCUT2D eigenvalue weighted by atomic mass is 10.2. The molecule has 0 aliphatic rings. The second-order valence-corrected chi connectivity index (χ2v) is 5.76. The zero-order valence-electron chi connectivity index (χ0n) is 12.2. The van der Waals surface area contributed by atoms with E-state index in [9.17, 15) is 0 Å². The van der Waals surface area contributed by atoms with Gasteiger partial charge in [-0.25, -0.2) is 9.66 Å². The van der Waals surface area contributed by atoms with Crippen LogP contribution in [0.15, 0.2) is 10.3 Å². The van der Waals surface area contributed by atoms with Crippen molar-refractivity contribution in [1.29, 1.82) is 0 Å². The molecule has 0 unspecified atom stereocenters. The van der Waals surface area contributed by atoms with Crippen molar-refractivity contribution < 1.29 is 0 Å². The maximum atomic E-state index is 5.84. The molecule has 2 aromatic heterocycles. The van der Waals surface area contributed by atoms with E-state index in [-0.39, 0.29) is 5.92 Å². The molecule has 0 fully saturated rings. The fraction of sp³-hybridized carbons (Fsp3) is 0.545. The van der Waals surface area contributed by atoms with Crippen LogP contribution in [0.2, 0.25) is 0 Å². The summed E-state index contributed by atoms with van der Waals surface area (Å²) in [7, 11) is 3.78. The molecule has 0 aliphatic carbocycles. The van der Waals surface area contributed by atoms with Gasteiger partial charge in [-0.05, 0) is 18.7 Å². The minimum atomic E-state index is 0.216. The van der Waals surface area contributed by atoms with E-state index in [1.807, 2.05) is 32.8 Å². The van der Waals surface area contributed by atoms with Crippen molar-refractivity contribution in [2.24, 2.45) is 0 Å². The molecule has 0 bridgehead atoms. The van der Waals surface area contributed by atoms with Crippen LogP contribution in [0.3, 0.4) is 0 Å². The van der Waals surface area contributed by atoms with Crippen molar-refractivity contribution in [3.05, 3.63) is 11.6 Å². The smallest absolute Gasteiger partial charge is 0.229 e. The molecule has 0 spiro atoms. The highest BCUT2D eigenvalue weighted by atomic mass is 32.2. The van der Waals surface area contributed by atoms with Crippen LogP contribution in [0.5, 0.6) is 0 Å². The van der Waals surface area contributed by atoms with Gasteiger partial charge >= 0.3 is 0 Å². The van der Waals surface area contributed by atoms with Crippen molar-refractivity contribution in [2.75, 3.05) is 24.8 Å². The summed E-state index contributed by atoms with van der Waals surface area (Å²) in [5.74, 6) is 8.05. The number of anilines is 1. The molecule has 2 rings (SSSR count). The fourth-order valence-electron chi connectivity index (χ4n) is 1.37. The lowest BCUT2D eigenvalue weighted by molar-refractivity contribution is 0.714. The number of nitrogens with zero attached hydrogens (tertiary/aromatic N) is 7. The van der Waals surface area contributed by atoms with E-state index in [0.29, 0.717) is 22.1 Å². The van der Waals surface area contributed by atoms with Crippen LogP contribution in [0.25, 0.3) is 0 Å². The first kappa shape index (κ1) is 14.5. The Kier molecular flexibility index (Phi) is 4.07. The fourth-order valence-corrected chi connectivity index (χ4v) is 2.11. The molecule has 8 nitrogen and oxygen atoms in total. The van der Waals surface area contributed by atoms with Gasteiger partial charge < -0.3 is 10.7 Å². The van der Waals surface area contributed by atoms with Crippen molar-refractivity contribution in [3.8, 4) is 0 Å². The third-order valence-corrected chi connectivity index (χ3v) is 3.38. The minimum Gasteiger partial charge on any atom is -0.347 e. The van der Waals surface area contributed by atoms with Gasteiger partial charge in [0.25, 0.3) is 0 Å². The van der Waals surface area contributed by atoms with E-state index in [0.717, 1.165) is 5.82 Å². The highest BCUT2D eigenvalue weighted by Crippen LogP contribution is 2.24. The van der Waals surface area contributed by atoms with Crippen LogP contribution < -0.4 is 10.7 Å². The van der Waals surface area contributed by atoms with Crippen molar-refractivity contribution in [1.82, 2.24) is 29.8 Å². The maximum Gasteiger partial charge on any atom is 0.229 e. The Bertz CT molecular complexity index is 580. The molecule has 0 saturated heterocycles. The summed E-state index contributed by atoms with van der Waals surface area (Å²) < 4.78 is 1.42. The Balaban J connectivity index is 2.38. The zero-order valence-corrected chi connectivity index (χ0v) is 13.0. The van der Waals surface area contributed by atoms with Crippen LogP contribution in [-0.4, -0.2) is 43.9 Å². The number of nitrogens with two attached hydrogens (primary N) is 1. The molecule has 0 aromatic carbocycles. The average Bonchev–Trinajstić information content (AvgIpc) is 2.70. The summed E-state index contributed by atoms with van der Waals surface area (Å²) in [6.45, 7) is 5.87. The van der Waals surface area contributed by atoms with E-state index in [1.54, 1.807) is 6.92 Å². The summed E-state index contributed by atoms with van der Waals surface area (Å²) in [5, 5.41) is 9.02. The number of aryl methyl sites for hydroxylation is 1. The van der Waals surface area contributed by atoms with Gasteiger partial charge in [0, 0.05) is 20.0 Å². The van der Waals surface area contributed by atoms with Crippen molar-refractivity contribution in [3.63, 3.8) is 0 Å². The lowest BCUT2D eigenvalue weighted by Crippen LogP contribution is -2.16. The van der Waals surface area contributed by atoms with E-state index < -0.39 is 0 Å². The number of rotatable bonds is 4. The van der Waals surface area contributed by atoms with Crippen molar-refractivity contribution >= 4 is 17.7 Å². The van der Waals surface area contributed by atoms with Crippen LogP contribution in [0.1, 0.15) is 31.4 Å².